The SMILES string of the molecule is COCc1nc(-c2ccccn2)sc1CS. The van der Waals surface area contributed by atoms with E-state index in [1.807, 2.05) is 18.2 Å². The molecule has 0 saturated carbocycles. The van der Waals surface area contributed by atoms with E-state index in [0.29, 0.717) is 12.4 Å². The summed E-state index contributed by atoms with van der Waals surface area (Å²) in [5, 5.41) is 0.928. The number of rotatable bonds is 4. The fourth-order valence-corrected chi connectivity index (χ4v) is 2.63. The first-order chi connectivity index (χ1) is 7.85. The maximum absolute atomic E-state index is 5.11. The number of thiazole rings is 1. The average molecular weight is 252 g/mol. The van der Waals surface area contributed by atoms with Crippen molar-refractivity contribution in [2.75, 3.05) is 7.11 Å². The van der Waals surface area contributed by atoms with Crippen molar-refractivity contribution in [3.8, 4) is 10.7 Å². The van der Waals surface area contributed by atoms with E-state index in [9.17, 15) is 0 Å². The van der Waals surface area contributed by atoms with Gasteiger partial charge in [0.15, 0.2) is 0 Å². The predicted octanol–water partition coefficient (Wildman–Crippen LogP) is 2.78. The highest BCUT2D eigenvalue weighted by atomic mass is 32.1. The van der Waals surface area contributed by atoms with Crippen LogP contribution >= 0.6 is 24.0 Å². The van der Waals surface area contributed by atoms with E-state index >= 15 is 0 Å². The van der Waals surface area contributed by atoms with Gasteiger partial charge in [0, 0.05) is 23.9 Å². The molecule has 0 aliphatic heterocycles. The van der Waals surface area contributed by atoms with Gasteiger partial charge in [0.1, 0.15) is 5.01 Å². The van der Waals surface area contributed by atoms with Gasteiger partial charge in [-0.3, -0.25) is 4.98 Å². The first-order valence-corrected chi connectivity index (χ1v) is 6.30. The summed E-state index contributed by atoms with van der Waals surface area (Å²) in [6.07, 6.45) is 1.77. The predicted molar refractivity (Wildman–Crippen MR) is 68.7 cm³/mol. The number of nitrogens with zero attached hydrogens (tertiary/aromatic N) is 2. The van der Waals surface area contributed by atoms with Crippen LogP contribution in [0.4, 0.5) is 0 Å². The molecule has 0 spiro atoms. The van der Waals surface area contributed by atoms with Crippen LogP contribution in [0.25, 0.3) is 10.7 Å². The second-order valence-electron chi connectivity index (χ2n) is 3.19. The molecule has 2 rings (SSSR count). The molecule has 0 aliphatic rings. The van der Waals surface area contributed by atoms with Gasteiger partial charge >= 0.3 is 0 Å². The number of thiol groups is 1. The summed E-state index contributed by atoms with van der Waals surface area (Å²) in [5.41, 5.74) is 1.86. The Morgan fingerprint density at radius 2 is 2.31 bits per heavy atom. The Morgan fingerprint density at radius 1 is 1.44 bits per heavy atom. The zero-order valence-electron chi connectivity index (χ0n) is 8.88. The van der Waals surface area contributed by atoms with Gasteiger partial charge in [-0.25, -0.2) is 4.98 Å². The minimum atomic E-state index is 0.527. The maximum atomic E-state index is 5.11. The van der Waals surface area contributed by atoms with E-state index in [-0.39, 0.29) is 0 Å². The summed E-state index contributed by atoms with van der Waals surface area (Å²) in [4.78, 5) is 9.95. The summed E-state index contributed by atoms with van der Waals surface area (Å²) in [7, 11) is 1.67. The second-order valence-corrected chi connectivity index (χ2v) is 4.59. The van der Waals surface area contributed by atoms with Crippen molar-refractivity contribution in [2.45, 2.75) is 12.4 Å². The number of hydrogen-bond acceptors (Lipinski definition) is 5. The number of hydrogen-bond donors (Lipinski definition) is 1. The van der Waals surface area contributed by atoms with Crippen molar-refractivity contribution in [1.82, 2.24) is 9.97 Å². The molecule has 3 nitrogen and oxygen atoms in total. The lowest BCUT2D eigenvalue weighted by molar-refractivity contribution is 0.181. The monoisotopic (exact) mass is 252 g/mol. The largest absolute Gasteiger partial charge is 0.378 e. The third-order valence-electron chi connectivity index (χ3n) is 2.09. The van der Waals surface area contributed by atoms with Crippen LogP contribution in [0.5, 0.6) is 0 Å². The molecule has 84 valence electrons. The minimum Gasteiger partial charge on any atom is -0.378 e. The van der Waals surface area contributed by atoms with Gasteiger partial charge in [-0.05, 0) is 12.1 Å². The van der Waals surface area contributed by atoms with E-state index in [2.05, 4.69) is 22.6 Å². The second kappa shape index (κ2) is 5.43. The van der Waals surface area contributed by atoms with Crippen LogP contribution in [-0.2, 0) is 17.1 Å². The highest BCUT2D eigenvalue weighted by Crippen LogP contribution is 2.28. The Balaban J connectivity index is 2.36. The van der Waals surface area contributed by atoms with Gasteiger partial charge in [0.05, 0.1) is 18.0 Å². The third kappa shape index (κ3) is 2.42. The molecule has 5 heteroatoms. The van der Waals surface area contributed by atoms with E-state index in [1.165, 1.54) is 0 Å². The van der Waals surface area contributed by atoms with Crippen molar-refractivity contribution in [1.29, 1.82) is 0 Å². The molecule has 2 heterocycles. The number of pyridine rings is 1. The molecule has 0 amide bonds. The zero-order valence-corrected chi connectivity index (χ0v) is 10.6. The molecule has 0 unspecified atom stereocenters. The Labute approximate surface area is 104 Å². The number of ether oxygens (including phenoxy) is 1. The Bertz CT molecular complexity index is 456. The number of methoxy groups -OCH3 is 1. The van der Waals surface area contributed by atoms with E-state index < -0.39 is 0 Å². The molecule has 0 N–H and O–H groups in total. The van der Waals surface area contributed by atoms with Crippen molar-refractivity contribution in [3.05, 3.63) is 35.0 Å². The van der Waals surface area contributed by atoms with Crippen LogP contribution in [0.1, 0.15) is 10.6 Å². The summed E-state index contributed by atoms with van der Waals surface area (Å²) >= 11 is 5.92. The smallest absolute Gasteiger partial charge is 0.142 e. The molecule has 0 bridgehead atoms. The van der Waals surface area contributed by atoms with E-state index in [4.69, 9.17) is 4.74 Å². The molecule has 0 fully saturated rings. The quantitative estimate of drug-likeness (QED) is 0.850. The lowest BCUT2D eigenvalue weighted by atomic mass is 10.3. The van der Waals surface area contributed by atoms with Crippen molar-refractivity contribution in [3.63, 3.8) is 0 Å². The van der Waals surface area contributed by atoms with Gasteiger partial charge in [0.2, 0.25) is 0 Å². The minimum absolute atomic E-state index is 0.527. The van der Waals surface area contributed by atoms with Gasteiger partial charge < -0.3 is 4.74 Å². The highest BCUT2D eigenvalue weighted by molar-refractivity contribution is 7.79. The van der Waals surface area contributed by atoms with E-state index in [1.54, 1.807) is 24.6 Å². The number of aromatic nitrogens is 2. The Morgan fingerprint density at radius 3 is 2.94 bits per heavy atom. The van der Waals surface area contributed by atoms with Gasteiger partial charge in [0.25, 0.3) is 0 Å². The van der Waals surface area contributed by atoms with Crippen molar-refractivity contribution < 1.29 is 4.74 Å². The van der Waals surface area contributed by atoms with Gasteiger partial charge in [-0.2, -0.15) is 12.6 Å². The molecular formula is C11H12N2OS2. The molecule has 0 aromatic carbocycles. The molecule has 0 radical (unpaired) electrons. The first-order valence-electron chi connectivity index (χ1n) is 4.85. The van der Waals surface area contributed by atoms with Crippen LogP contribution < -0.4 is 0 Å². The highest BCUT2D eigenvalue weighted by Gasteiger charge is 2.11. The van der Waals surface area contributed by atoms with Crippen molar-refractivity contribution in [2.24, 2.45) is 0 Å². The molecule has 0 saturated heterocycles. The molecule has 16 heavy (non-hydrogen) atoms. The average Bonchev–Trinajstić information content (AvgIpc) is 2.74. The standard InChI is InChI=1S/C11H12N2OS2/c1-14-6-9-10(7-15)16-11(13-9)8-4-2-3-5-12-8/h2-5,15H,6-7H2,1H3. The third-order valence-corrected chi connectivity index (χ3v) is 3.74. The zero-order chi connectivity index (χ0) is 11.4. The lowest BCUT2D eigenvalue weighted by Crippen LogP contribution is -1.91. The topological polar surface area (TPSA) is 35.0 Å². The molecule has 0 aliphatic carbocycles. The Kier molecular flexibility index (Phi) is 3.93. The lowest BCUT2D eigenvalue weighted by Gasteiger charge is -1.95. The first kappa shape index (κ1) is 11.6. The van der Waals surface area contributed by atoms with Gasteiger partial charge in [-0.15, -0.1) is 11.3 Å². The van der Waals surface area contributed by atoms with Crippen molar-refractivity contribution >= 4 is 24.0 Å². The maximum Gasteiger partial charge on any atom is 0.142 e. The van der Waals surface area contributed by atoms with E-state index in [0.717, 1.165) is 21.3 Å². The molecular weight excluding hydrogens is 240 g/mol. The summed E-state index contributed by atoms with van der Waals surface area (Å²) in [6.45, 7) is 0.527. The molecule has 2 aromatic rings. The summed E-state index contributed by atoms with van der Waals surface area (Å²) < 4.78 is 5.11. The fourth-order valence-electron chi connectivity index (χ4n) is 1.36. The molecule has 2 aromatic heterocycles. The van der Waals surface area contributed by atoms with Gasteiger partial charge in [-0.1, -0.05) is 6.07 Å². The summed E-state index contributed by atoms with van der Waals surface area (Å²) in [5.74, 6) is 0.684. The Hall–Kier alpha value is -0.910. The fraction of sp³-hybridized carbons (Fsp3) is 0.273. The van der Waals surface area contributed by atoms with Crippen LogP contribution in [0, 0.1) is 0 Å². The normalized spacial score (nSPS) is 10.6. The van der Waals surface area contributed by atoms with Crippen LogP contribution in [0.2, 0.25) is 0 Å². The molecule has 0 atom stereocenters. The van der Waals surface area contributed by atoms with Crippen LogP contribution in [0.3, 0.4) is 0 Å². The van der Waals surface area contributed by atoms with Crippen LogP contribution in [-0.4, -0.2) is 17.1 Å². The summed E-state index contributed by atoms with van der Waals surface area (Å²) in [6, 6.07) is 5.81. The van der Waals surface area contributed by atoms with Crippen LogP contribution in [0.15, 0.2) is 24.4 Å².